The predicted octanol–water partition coefficient (Wildman–Crippen LogP) is 1.60. The van der Waals surface area contributed by atoms with Crippen molar-refractivity contribution in [2.45, 2.75) is 19.5 Å². The van der Waals surface area contributed by atoms with E-state index < -0.39 is 10.8 Å². The Bertz CT molecular complexity index is 259. The van der Waals surface area contributed by atoms with Crippen molar-refractivity contribution in [1.82, 2.24) is 5.32 Å². The van der Waals surface area contributed by atoms with Crippen LogP contribution in [-0.4, -0.2) is 22.3 Å². The highest BCUT2D eigenvalue weighted by atomic mass is 32.2. The molecule has 0 spiro atoms. The second kappa shape index (κ2) is 5.52. The molecule has 2 atom stereocenters. The number of rotatable bonds is 5. The fraction of sp³-hybridized carbons (Fsp3) is 0.556. The molecule has 0 aliphatic rings. The maximum absolute atomic E-state index is 10.9. The van der Waals surface area contributed by atoms with Gasteiger partial charge in [0, 0.05) is 35.4 Å². The number of nitrogens with one attached hydrogen (secondary N) is 1. The van der Waals surface area contributed by atoms with Gasteiger partial charge < -0.3 is 5.32 Å². The van der Waals surface area contributed by atoms with Crippen LogP contribution in [0.1, 0.15) is 12.5 Å². The third-order valence-electron chi connectivity index (χ3n) is 1.72. The lowest BCUT2D eigenvalue weighted by Crippen LogP contribution is -2.30. The Balaban J connectivity index is 2.22. The highest BCUT2D eigenvalue weighted by molar-refractivity contribution is 7.84. The Labute approximate surface area is 85.8 Å². The zero-order valence-electron chi connectivity index (χ0n) is 7.95. The molecule has 0 bridgehead atoms. The van der Waals surface area contributed by atoms with E-state index in [4.69, 9.17) is 0 Å². The predicted molar refractivity (Wildman–Crippen MR) is 59.6 cm³/mol. The lowest BCUT2D eigenvalue weighted by molar-refractivity contribution is 0.588. The average molecular weight is 217 g/mol. The molecule has 1 N–H and O–H groups in total. The molecule has 0 fully saturated rings. The molecule has 0 saturated heterocycles. The highest BCUT2D eigenvalue weighted by Gasteiger charge is 2.03. The molecule has 1 rings (SSSR count). The first-order chi connectivity index (χ1) is 6.18. The minimum absolute atomic E-state index is 0.325. The van der Waals surface area contributed by atoms with Crippen molar-refractivity contribution in [3.8, 4) is 0 Å². The highest BCUT2D eigenvalue weighted by Crippen LogP contribution is 2.05. The van der Waals surface area contributed by atoms with Gasteiger partial charge >= 0.3 is 0 Å². The summed E-state index contributed by atoms with van der Waals surface area (Å²) in [7, 11) is -0.704. The van der Waals surface area contributed by atoms with E-state index in [0.717, 1.165) is 12.3 Å². The Morgan fingerprint density at radius 1 is 1.69 bits per heavy atom. The molecule has 74 valence electrons. The first kappa shape index (κ1) is 10.9. The zero-order chi connectivity index (χ0) is 9.68. The number of hydrogen-bond acceptors (Lipinski definition) is 3. The lowest BCUT2D eigenvalue weighted by Gasteiger charge is -2.10. The van der Waals surface area contributed by atoms with Gasteiger partial charge in [0.05, 0.1) is 0 Å². The van der Waals surface area contributed by atoms with Crippen LogP contribution in [0.25, 0.3) is 0 Å². The Morgan fingerprint density at radius 3 is 3.00 bits per heavy atom. The Hall–Kier alpha value is -0.190. The van der Waals surface area contributed by atoms with Gasteiger partial charge in [0.25, 0.3) is 0 Å². The summed E-state index contributed by atoms with van der Waals surface area (Å²) in [6.45, 7) is 2.94. The van der Waals surface area contributed by atoms with Crippen LogP contribution in [0.2, 0.25) is 0 Å². The topological polar surface area (TPSA) is 29.1 Å². The maximum atomic E-state index is 10.9. The van der Waals surface area contributed by atoms with Crippen molar-refractivity contribution in [2.75, 3.05) is 12.0 Å². The van der Waals surface area contributed by atoms with E-state index >= 15 is 0 Å². The van der Waals surface area contributed by atoms with Gasteiger partial charge in [-0.1, -0.05) is 0 Å². The van der Waals surface area contributed by atoms with Gasteiger partial charge in [-0.05, 0) is 29.3 Å². The van der Waals surface area contributed by atoms with Crippen LogP contribution in [0.3, 0.4) is 0 Å². The summed E-state index contributed by atoms with van der Waals surface area (Å²) in [6.07, 6.45) is 1.74. The minimum Gasteiger partial charge on any atom is -0.309 e. The summed E-state index contributed by atoms with van der Waals surface area (Å²) in [5, 5.41) is 7.53. The normalized spacial score (nSPS) is 15.5. The summed E-state index contributed by atoms with van der Waals surface area (Å²) >= 11 is 1.71. The fourth-order valence-corrected chi connectivity index (χ4v) is 2.59. The van der Waals surface area contributed by atoms with Gasteiger partial charge in [0.15, 0.2) is 0 Å². The molecule has 0 aliphatic carbocycles. The second-order valence-corrected chi connectivity index (χ2v) is 5.41. The summed E-state index contributed by atoms with van der Waals surface area (Å²) in [4.78, 5) is 0. The number of hydrogen-bond donors (Lipinski definition) is 1. The number of thiophene rings is 1. The quantitative estimate of drug-likeness (QED) is 0.812. The molecule has 0 amide bonds. The van der Waals surface area contributed by atoms with Crippen molar-refractivity contribution in [3.05, 3.63) is 22.4 Å². The van der Waals surface area contributed by atoms with Gasteiger partial charge in [0.1, 0.15) is 0 Å². The van der Waals surface area contributed by atoms with Gasteiger partial charge in [0.2, 0.25) is 0 Å². The lowest BCUT2D eigenvalue weighted by atomic mass is 10.3. The minimum atomic E-state index is -0.704. The fourth-order valence-electron chi connectivity index (χ4n) is 1.10. The molecule has 13 heavy (non-hydrogen) atoms. The van der Waals surface area contributed by atoms with Crippen LogP contribution >= 0.6 is 11.3 Å². The van der Waals surface area contributed by atoms with Gasteiger partial charge in [-0.2, -0.15) is 11.3 Å². The summed E-state index contributed by atoms with van der Waals surface area (Å²) in [6, 6.07) is 2.43. The second-order valence-electron chi connectivity index (χ2n) is 3.15. The Morgan fingerprint density at radius 2 is 2.46 bits per heavy atom. The van der Waals surface area contributed by atoms with Gasteiger partial charge in [-0.3, -0.25) is 4.21 Å². The first-order valence-electron chi connectivity index (χ1n) is 4.23. The van der Waals surface area contributed by atoms with E-state index in [0.29, 0.717) is 6.04 Å². The molecule has 0 radical (unpaired) electrons. The largest absolute Gasteiger partial charge is 0.309 e. The smallest absolute Gasteiger partial charge is 0.0383 e. The molecular weight excluding hydrogens is 202 g/mol. The SMILES string of the molecule is CC(CS(C)=O)NCc1ccsc1. The summed E-state index contributed by atoms with van der Waals surface area (Å²) < 4.78 is 10.9. The first-order valence-corrected chi connectivity index (χ1v) is 6.90. The molecule has 1 heterocycles. The molecular formula is C9H15NOS2. The molecule has 0 aliphatic heterocycles. The van der Waals surface area contributed by atoms with Gasteiger partial charge in [-0.25, -0.2) is 0 Å². The summed E-state index contributed by atoms with van der Waals surface area (Å²) in [5.74, 6) is 0.726. The van der Waals surface area contributed by atoms with Crippen molar-refractivity contribution in [1.29, 1.82) is 0 Å². The molecule has 0 aromatic carbocycles. The van der Waals surface area contributed by atoms with Crippen LogP contribution in [0.15, 0.2) is 16.8 Å². The van der Waals surface area contributed by atoms with Crippen LogP contribution < -0.4 is 5.32 Å². The van der Waals surface area contributed by atoms with Crippen molar-refractivity contribution < 1.29 is 4.21 Å². The summed E-state index contributed by atoms with van der Waals surface area (Å²) in [5.41, 5.74) is 1.30. The molecule has 1 aromatic rings. The van der Waals surface area contributed by atoms with E-state index in [1.165, 1.54) is 5.56 Å². The standard InChI is InChI=1S/C9H15NOS2/c1-8(7-13(2)11)10-5-9-3-4-12-6-9/h3-4,6,8,10H,5,7H2,1-2H3. The Kier molecular flexibility index (Phi) is 4.62. The van der Waals surface area contributed by atoms with Crippen molar-refractivity contribution >= 4 is 22.1 Å². The third-order valence-corrected chi connectivity index (χ3v) is 3.42. The van der Waals surface area contributed by atoms with Crippen LogP contribution in [0, 0.1) is 0 Å². The van der Waals surface area contributed by atoms with E-state index in [1.807, 2.05) is 0 Å². The van der Waals surface area contributed by atoms with Crippen molar-refractivity contribution in [3.63, 3.8) is 0 Å². The third kappa shape index (κ3) is 4.55. The monoisotopic (exact) mass is 217 g/mol. The molecule has 4 heteroatoms. The maximum Gasteiger partial charge on any atom is 0.0383 e. The van der Waals surface area contributed by atoms with Crippen molar-refractivity contribution in [2.24, 2.45) is 0 Å². The zero-order valence-corrected chi connectivity index (χ0v) is 9.58. The van der Waals surface area contributed by atoms with Crippen LogP contribution in [0.5, 0.6) is 0 Å². The molecule has 1 aromatic heterocycles. The van der Waals surface area contributed by atoms with E-state index in [2.05, 4.69) is 29.1 Å². The van der Waals surface area contributed by atoms with Crippen LogP contribution in [0.4, 0.5) is 0 Å². The van der Waals surface area contributed by atoms with Crippen LogP contribution in [-0.2, 0) is 17.3 Å². The molecule has 2 nitrogen and oxygen atoms in total. The molecule has 0 saturated carbocycles. The average Bonchev–Trinajstić information content (AvgIpc) is 2.51. The van der Waals surface area contributed by atoms with E-state index in [9.17, 15) is 4.21 Å². The van der Waals surface area contributed by atoms with E-state index in [-0.39, 0.29) is 0 Å². The molecule has 2 unspecified atom stereocenters. The van der Waals surface area contributed by atoms with Gasteiger partial charge in [-0.15, -0.1) is 0 Å². The van der Waals surface area contributed by atoms with E-state index in [1.54, 1.807) is 17.6 Å².